The Bertz CT molecular complexity index is 871. The number of amides is 1. The molecule has 1 aliphatic heterocycles. The summed E-state index contributed by atoms with van der Waals surface area (Å²) < 4.78 is 23.1. The van der Waals surface area contributed by atoms with Crippen LogP contribution in [0.5, 0.6) is 0 Å². The second kappa shape index (κ2) is 5.92. The summed E-state index contributed by atoms with van der Waals surface area (Å²) in [6.45, 7) is 0. The van der Waals surface area contributed by atoms with E-state index >= 15 is 0 Å². The van der Waals surface area contributed by atoms with Crippen LogP contribution in [-0.2, 0) is 21.1 Å². The molecule has 6 heteroatoms. The largest absolute Gasteiger partial charge is 0.357 e. The van der Waals surface area contributed by atoms with Crippen LogP contribution in [0.25, 0.3) is 10.9 Å². The number of benzene rings is 1. The van der Waals surface area contributed by atoms with Crippen LogP contribution in [0.4, 0.5) is 0 Å². The lowest BCUT2D eigenvalue weighted by Gasteiger charge is -2.27. The molecule has 1 saturated heterocycles. The number of para-hydroxylation sites is 1. The minimum Gasteiger partial charge on any atom is -0.357 e. The quantitative estimate of drug-likeness (QED) is 0.875. The first kappa shape index (κ1) is 15.7. The van der Waals surface area contributed by atoms with Gasteiger partial charge in [-0.1, -0.05) is 18.2 Å². The van der Waals surface area contributed by atoms with E-state index in [1.165, 1.54) is 10.9 Å². The molecule has 1 fully saturated rings. The molecule has 4 rings (SSSR count). The molecule has 128 valence electrons. The van der Waals surface area contributed by atoms with Gasteiger partial charge in [-0.15, -0.1) is 0 Å². The maximum atomic E-state index is 12.8. The smallest absolute Gasteiger partial charge is 0.229 e. The molecule has 1 amide bonds. The van der Waals surface area contributed by atoms with Crippen molar-refractivity contribution in [1.29, 1.82) is 0 Å². The zero-order valence-electron chi connectivity index (χ0n) is 13.5. The van der Waals surface area contributed by atoms with Crippen LogP contribution in [0.3, 0.4) is 0 Å². The molecule has 0 spiro atoms. The molecule has 24 heavy (non-hydrogen) atoms. The summed E-state index contributed by atoms with van der Waals surface area (Å²) >= 11 is 0. The van der Waals surface area contributed by atoms with Crippen molar-refractivity contribution in [1.82, 2.24) is 10.3 Å². The van der Waals surface area contributed by atoms with Gasteiger partial charge >= 0.3 is 0 Å². The Kier molecular flexibility index (Phi) is 3.87. The molecule has 1 aliphatic carbocycles. The number of aromatic nitrogens is 1. The predicted octanol–water partition coefficient (Wildman–Crippen LogP) is 2.28. The number of hydrogen-bond acceptors (Lipinski definition) is 3. The molecule has 2 aromatic rings. The highest BCUT2D eigenvalue weighted by atomic mass is 32.2. The predicted molar refractivity (Wildman–Crippen MR) is 93.8 cm³/mol. The minimum atomic E-state index is -2.90. The molecule has 0 radical (unpaired) electrons. The highest BCUT2D eigenvalue weighted by Gasteiger charge is 2.32. The van der Waals surface area contributed by atoms with Crippen molar-refractivity contribution in [3.05, 3.63) is 35.5 Å². The number of nitrogens with one attached hydrogen (secondary N) is 2. The van der Waals surface area contributed by atoms with Gasteiger partial charge in [0.05, 0.1) is 17.4 Å². The van der Waals surface area contributed by atoms with Crippen LogP contribution in [0.15, 0.2) is 24.3 Å². The highest BCUT2D eigenvalue weighted by molar-refractivity contribution is 7.91. The van der Waals surface area contributed by atoms with E-state index in [1.807, 2.05) is 12.1 Å². The van der Waals surface area contributed by atoms with E-state index in [9.17, 15) is 13.2 Å². The van der Waals surface area contributed by atoms with Gasteiger partial charge in [-0.2, -0.15) is 0 Å². The van der Waals surface area contributed by atoms with Crippen LogP contribution >= 0.6 is 0 Å². The number of aromatic amines is 1. The summed E-state index contributed by atoms with van der Waals surface area (Å²) in [5.74, 6) is 0.243. The third kappa shape index (κ3) is 2.83. The molecule has 1 aromatic heterocycles. The van der Waals surface area contributed by atoms with Gasteiger partial charge in [-0.25, -0.2) is 8.42 Å². The van der Waals surface area contributed by atoms with E-state index < -0.39 is 9.84 Å². The van der Waals surface area contributed by atoms with Gasteiger partial charge in [0.1, 0.15) is 9.84 Å². The van der Waals surface area contributed by atoms with Crippen LogP contribution < -0.4 is 5.32 Å². The first-order valence-corrected chi connectivity index (χ1v) is 10.5. The van der Waals surface area contributed by atoms with Crippen molar-refractivity contribution in [2.75, 3.05) is 11.5 Å². The average Bonchev–Trinajstić information content (AvgIpc) is 2.95. The van der Waals surface area contributed by atoms with E-state index in [0.717, 1.165) is 30.5 Å². The topological polar surface area (TPSA) is 79.0 Å². The molecule has 0 saturated carbocycles. The van der Waals surface area contributed by atoms with Gasteiger partial charge in [0.15, 0.2) is 0 Å². The summed E-state index contributed by atoms with van der Waals surface area (Å²) in [5.41, 5.74) is 3.40. The Morgan fingerprint density at radius 2 is 1.88 bits per heavy atom. The van der Waals surface area contributed by atoms with E-state index in [4.69, 9.17) is 0 Å². The average molecular weight is 346 g/mol. The highest BCUT2D eigenvalue weighted by Crippen LogP contribution is 2.36. The SMILES string of the molecule is O=C(NC1CCS(=O)(=O)CC1)[C@H]1CCCc2c1[nH]c1ccccc21. The molecule has 5 nitrogen and oxygen atoms in total. The van der Waals surface area contributed by atoms with Crippen LogP contribution in [0.1, 0.15) is 42.9 Å². The lowest BCUT2D eigenvalue weighted by Crippen LogP contribution is -2.43. The lowest BCUT2D eigenvalue weighted by atomic mass is 9.86. The summed E-state index contributed by atoms with van der Waals surface area (Å²) in [4.78, 5) is 16.2. The fourth-order valence-corrected chi connectivity index (χ4v) is 5.50. The zero-order valence-corrected chi connectivity index (χ0v) is 14.4. The van der Waals surface area contributed by atoms with Gasteiger partial charge in [-0.05, 0) is 43.7 Å². The third-order valence-corrected chi connectivity index (χ3v) is 7.05. The number of H-pyrrole nitrogens is 1. The Labute approximate surface area is 141 Å². The molecule has 1 aromatic carbocycles. The monoisotopic (exact) mass is 346 g/mol. The summed E-state index contributed by atoms with van der Waals surface area (Å²) in [5, 5.41) is 4.30. The number of sulfone groups is 1. The Hall–Kier alpha value is -1.82. The first-order chi connectivity index (χ1) is 11.5. The van der Waals surface area contributed by atoms with Crippen molar-refractivity contribution in [2.45, 2.75) is 44.1 Å². The second-order valence-electron chi connectivity index (χ2n) is 6.94. The van der Waals surface area contributed by atoms with Crippen LogP contribution in [-0.4, -0.2) is 36.9 Å². The molecule has 2 heterocycles. The van der Waals surface area contributed by atoms with Crippen molar-refractivity contribution < 1.29 is 13.2 Å². The third-order valence-electron chi connectivity index (χ3n) is 5.33. The molecule has 0 bridgehead atoms. The van der Waals surface area contributed by atoms with Gasteiger partial charge in [-0.3, -0.25) is 4.79 Å². The summed E-state index contributed by atoms with van der Waals surface area (Å²) in [7, 11) is -2.90. The van der Waals surface area contributed by atoms with Crippen molar-refractivity contribution in [3.63, 3.8) is 0 Å². The van der Waals surface area contributed by atoms with Gasteiger partial charge in [0.2, 0.25) is 5.91 Å². The minimum absolute atomic E-state index is 0.0178. The summed E-state index contributed by atoms with van der Waals surface area (Å²) in [6, 6.07) is 8.17. The molecule has 0 unspecified atom stereocenters. The van der Waals surface area contributed by atoms with Gasteiger partial charge in [0.25, 0.3) is 0 Å². The van der Waals surface area contributed by atoms with Crippen molar-refractivity contribution in [2.24, 2.45) is 0 Å². The number of hydrogen-bond donors (Lipinski definition) is 2. The Balaban J connectivity index is 1.54. The van der Waals surface area contributed by atoms with Crippen LogP contribution in [0.2, 0.25) is 0 Å². The number of rotatable bonds is 2. The second-order valence-corrected chi connectivity index (χ2v) is 9.25. The standard InChI is InChI=1S/C18H22N2O3S/c21-18(19-12-8-10-24(22,23)11-9-12)15-6-3-5-14-13-4-1-2-7-16(13)20-17(14)15/h1-2,4,7,12,15,20H,3,5-6,8-11H2,(H,19,21)/t15-/m0/s1. The van der Waals surface area contributed by atoms with Crippen molar-refractivity contribution >= 4 is 26.6 Å². The van der Waals surface area contributed by atoms with Gasteiger partial charge < -0.3 is 10.3 Å². The van der Waals surface area contributed by atoms with E-state index in [1.54, 1.807) is 0 Å². The van der Waals surface area contributed by atoms with E-state index in [-0.39, 0.29) is 29.4 Å². The number of carbonyl (C=O) groups is 1. The van der Waals surface area contributed by atoms with E-state index in [2.05, 4.69) is 22.4 Å². The number of carbonyl (C=O) groups excluding carboxylic acids is 1. The van der Waals surface area contributed by atoms with Crippen molar-refractivity contribution in [3.8, 4) is 0 Å². The first-order valence-electron chi connectivity index (χ1n) is 8.64. The fraction of sp³-hybridized carbons (Fsp3) is 0.500. The fourth-order valence-electron chi connectivity index (χ4n) is 4.01. The molecule has 1 atom stereocenters. The normalized spacial score (nSPS) is 23.8. The van der Waals surface area contributed by atoms with E-state index in [0.29, 0.717) is 12.8 Å². The summed E-state index contributed by atoms with van der Waals surface area (Å²) in [6.07, 6.45) is 3.91. The molecule has 2 N–H and O–H groups in total. The molecular weight excluding hydrogens is 324 g/mol. The zero-order chi connectivity index (χ0) is 16.7. The molecule has 2 aliphatic rings. The number of aryl methyl sites for hydroxylation is 1. The number of fused-ring (bicyclic) bond motifs is 3. The van der Waals surface area contributed by atoms with Gasteiger partial charge in [0, 0.05) is 22.6 Å². The maximum absolute atomic E-state index is 12.8. The Morgan fingerprint density at radius 3 is 2.67 bits per heavy atom. The van der Waals surface area contributed by atoms with Crippen LogP contribution in [0, 0.1) is 0 Å². The lowest BCUT2D eigenvalue weighted by molar-refractivity contribution is -0.123. The maximum Gasteiger partial charge on any atom is 0.229 e. The Morgan fingerprint density at radius 1 is 1.12 bits per heavy atom. The molecular formula is C18H22N2O3S.